The number of halogens is 1. The maximum absolute atomic E-state index is 12.4. The lowest BCUT2D eigenvalue weighted by Crippen LogP contribution is -2.06. The van der Waals surface area contributed by atoms with E-state index in [1.807, 2.05) is 25.1 Å². The van der Waals surface area contributed by atoms with Gasteiger partial charge in [-0.3, -0.25) is 9.11 Å². The molecule has 17 nitrogen and oxygen atoms in total. The molecule has 6 aromatic rings. The summed E-state index contributed by atoms with van der Waals surface area (Å²) < 4.78 is 94.5. The van der Waals surface area contributed by atoms with Crippen molar-refractivity contribution in [2.45, 2.75) is 23.6 Å². The molecule has 0 aliphatic carbocycles. The van der Waals surface area contributed by atoms with Crippen molar-refractivity contribution in [1.29, 1.82) is 0 Å². The second-order valence-electron chi connectivity index (χ2n) is 10.8. The van der Waals surface area contributed by atoms with Gasteiger partial charge in [-0.2, -0.15) is 31.8 Å². The summed E-state index contributed by atoms with van der Waals surface area (Å²) in [5.41, 5.74) is 1.53. The number of rotatable bonds is 8. The van der Waals surface area contributed by atoms with E-state index in [-0.39, 0.29) is 50.4 Å². The monoisotopic (exact) mass is 785 g/mol. The molecule has 5 N–H and O–H groups in total. The normalized spacial score (nSPS) is 11.7. The van der Waals surface area contributed by atoms with E-state index in [0.29, 0.717) is 16.6 Å². The molecule has 0 atom stereocenters. The molecule has 21 heteroatoms. The van der Waals surface area contributed by atoms with Gasteiger partial charge in [0.05, 0.1) is 10.6 Å². The van der Waals surface area contributed by atoms with Gasteiger partial charge in [0.2, 0.25) is 17.2 Å². The van der Waals surface area contributed by atoms with Crippen LogP contribution in [0.15, 0.2) is 98.9 Å². The van der Waals surface area contributed by atoms with Crippen LogP contribution in [0.3, 0.4) is 0 Å². The van der Waals surface area contributed by atoms with Crippen LogP contribution in [0.4, 0.5) is 34.6 Å². The number of nitrogens with one attached hydrogen (secondary N) is 2. The number of benzene rings is 5. The summed E-state index contributed by atoms with van der Waals surface area (Å²) in [4.78, 5) is 11.5. The summed E-state index contributed by atoms with van der Waals surface area (Å²) in [6.07, 6.45) is 0. The summed E-state index contributed by atoms with van der Waals surface area (Å²) in [5.74, 6) is -0.565. The van der Waals surface area contributed by atoms with Crippen molar-refractivity contribution in [2.75, 3.05) is 10.6 Å². The van der Waals surface area contributed by atoms with Crippen molar-refractivity contribution in [2.24, 2.45) is 10.2 Å². The molecule has 0 unspecified atom stereocenters. The van der Waals surface area contributed by atoms with Crippen LogP contribution in [0.2, 0.25) is 5.28 Å². The van der Waals surface area contributed by atoms with E-state index in [0.717, 1.165) is 17.7 Å². The number of hydrogen-bond acceptors (Lipinski definition) is 15. The van der Waals surface area contributed by atoms with E-state index < -0.39 is 46.4 Å². The molecule has 52 heavy (non-hydrogen) atoms. The molecule has 0 saturated carbocycles. The van der Waals surface area contributed by atoms with E-state index >= 15 is 0 Å². The minimum absolute atomic E-state index is 0.0282. The van der Waals surface area contributed by atoms with Gasteiger partial charge in [0.25, 0.3) is 20.2 Å². The van der Waals surface area contributed by atoms with Gasteiger partial charge >= 0.3 is 10.6 Å². The Morgan fingerprint density at radius 1 is 0.712 bits per heavy atom. The van der Waals surface area contributed by atoms with Crippen molar-refractivity contribution in [3.05, 3.63) is 95.3 Å². The first-order chi connectivity index (χ1) is 24.4. The number of phenols is 1. The third kappa shape index (κ3) is 8.62. The Morgan fingerprint density at radius 3 is 1.96 bits per heavy atom. The number of aromatic nitrogens is 3. The largest absolute Gasteiger partial charge is 0.505 e. The maximum Gasteiger partial charge on any atom is 0.425 e. The Bertz CT molecular complexity index is 2760. The van der Waals surface area contributed by atoms with Crippen molar-refractivity contribution in [3.63, 3.8) is 0 Å². The fourth-order valence-corrected chi connectivity index (χ4v) is 6.64. The summed E-state index contributed by atoms with van der Waals surface area (Å²) >= 11 is 6.19. The van der Waals surface area contributed by atoms with Crippen LogP contribution in [0.5, 0.6) is 5.75 Å². The van der Waals surface area contributed by atoms with Crippen molar-refractivity contribution < 1.29 is 43.7 Å². The SMILES string of the molecule is Cc1ccccc1Nc1nc(Cl)nc(Nc2cc(S(=O)(=O)O)cc3cc(C)c(N=Nc4ccc5ccccc5c4S(=O)(=O)O)c(O)c23)n1.O=S(=O)=O. The van der Waals surface area contributed by atoms with Crippen LogP contribution < -0.4 is 10.6 Å². The molecule has 5 aromatic carbocycles. The van der Waals surface area contributed by atoms with Crippen LogP contribution in [0, 0.1) is 13.8 Å². The van der Waals surface area contributed by atoms with Crippen LogP contribution in [0.25, 0.3) is 21.5 Å². The fourth-order valence-electron chi connectivity index (χ4n) is 5.10. The first kappa shape index (κ1) is 37.6. The van der Waals surface area contributed by atoms with Crippen molar-refractivity contribution in [3.8, 4) is 5.75 Å². The van der Waals surface area contributed by atoms with Gasteiger partial charge in [0.15, 0.2) is 5.75 Å². The lowest BCUT2D eigenvalue weighted by atomic mass is 10.0. The number of nitrogens with zero attached hydrogens (tertiary/aromatic N) is 5. The smallest absolute Gasteiger partial charge is 0.425 e. The highest BCUT2D eigenvalue weighted by molar-refractivity contribution is 7.86. The van der Waals surface area contributed by atoms with Crippen molar-refractivity contribution in [1.82, 2.24) is 15.0 Å². The molecule has 0 radical (unpaired) electrons. The third-order valence-corrected chi connectivity index (χ3v) is 9.21. The molecule has 0 aliphatic heterocycles. The highest BCUT2D eigenvalue weighted by atomic mass is 35.5. The molecule has 1 heterocycles. The average Bonchev–Trinajstić information content (AvgIpc) is 3.03. The quantitative estimate of drug-likeness (QED) is 0.0809. The van der Waals surface area contributed by atoms with E-state index in [4.69, 9.17) is 24.2 Å². The molecule has 0 bridgehead atoms. The number of para-hydroxylation sites is 1. The number of phenolic OH excluding ortho intramolecular Hbond substituents is 1. The number of fused-ring (bicyclic) bond motifs is 2. The Kier molecular flexibility index (Phi) is 10.8. The molecular formula is C31H24ClN7O10S3. The van der Waals surface area contributed by atoms with Crippen LogP contribution in [-0.4, -0.2) is 58.6 Å². The summed E-state index contributed by atoms with van der Waals surface area (Å²) in [7, 11) is -12.6. The van der Waals surface area contributed by atoms with Crippen LogP contribution in [-0.2, 0) is 30.8 Å². The third-order valence-electron chi connectivity index (χ3n) is 7.27. The number of hydrogen-bond donors (Lipinski definition) is 5. The molecule has 0 saturated heterocycles. The molecular weight excluding hydrogens is 762 g/mol. The van der Waals surface area contributed by atoms with Gasteiger partial charge in [0, 0.05) is 16.5 Å². The van der Waals surface area contributed by atoms with Gasteiger partial charge in [0.1, 0.15) is 16.3 Å². The number of aryl methyl sites for hydroxylation is 2. The average molecular weight is 786 g/mol. The molecule has 0 fully saturated rings. The Hall–Kier alpha value is -5.64. The Labute approximate surface area is 301 Å². The second-order valence-corrected chi connectivity index (χ2v) is 14.3. The molecule has 6 rings (SSSR count). The minimum atomic E-state index is -4.75. The van der Waals surface area contributed by atoms with E-state index in [1.165, 1.54) is 18.2 Å². The zero-order valence-electron chi connectivity index (χ0n) is 26.5. The minimum Gasteiger partial charge on any atom is -0.505 e. The zero-order chi connectivity index (χ0) is 38.0. The fraction of sp³-hybridized carbons (Fsp3) is 0.0645. The van der Waals surface area contributed by atoms with Gasteiger partial charge in [-0.15, -0.1) is 22.9 Å². The molecule has 268 valence electrons. The first-order valence-corrected chi connectivity index (χ1v) is 18.6. The molecule has 1 aromatic heterocycles. The molecule has 0 spiro atoms. The van der Waals surface area contributed by atoms with Gasteiger partial charge in [-0.1, -0.05) is 48.5 Å². The first-order valence-electron chi connectivity index (χ1n) is 14.4. The summed E-state index contributed by atoms with van der Waals surface area (Å²) in [6, 6.07) is 20.5. The number of anilines is 4. The standard InChI is InChI=1S/C31H24ClN7O7S2.O3S/c1-16-7-3-6-10-22(16)33-30-35-29(32)36-31(37-30)34-24-15-20(47(41,42)43)14-19-13-17(2)26(27(40)25(19)24)39-38-23-12-11-18-8-4-5-9-21(18)28(23)48(44,45)46;1-4(2)3/h3-15,40H,1-2H3,(H,41,42,43)(H,44,45,46)(H2,33,34,35,36,37);. The van der Waals surface area contributed by atoms with Crippen LogP contribution >= 0.6 is 11.6 Å². The van der Waals surface area contributed by atoms with Crippen LogP contribution in [0.1, 0.15) is 11.1 Å². The predicted octanol–water partition coefficient (Wildman–Crippen LogP) is 6.55. The Morgan fingerprint density at radius 2 is 1.33 bits per heavy atom. The predicted molar refractivity (Wildman–Crippen MR) is 190 cm³/mol. The summed E-state index contributed by atoms with van der Waals surface area (Å²) in [6.45, 7) is 3.43. The van der Waals surface area contributed by atoms with E-state index in [9.17, 15) is 31.0 Å². The van der Waals surface area contributed by atoms with Gasteiger partial charge < -0.3 is 15.7 Å². The highest BCUT2D eigenvalue weighted by Crippen LogP contribution is 2.44. The lowest BCUT2D eigenvalue weighted by molar-refractivity contribution is 0.480. The van der Waals surface area contributed by atoms with Crippen molar-refractivity contribution >= 4 is 98.6 Å². The highest BCUT2D eigenvalue weighted by Gasteiger charge is 2.22. The van der Waals surface area contributed by atoms with Gasteiger partial charge in [-0.25, -0.2) is 0 Å². The van der Waals surface area contributed by atoms with E-state index in [2.05, 4.69) is 35.8 Å². The van der Waals surface area contributed by atoms with Gasteiger partial charge in [-0.05, 0) is 77.7 Å². The topological polar surface area (TPSA) is 268 Å². The molecule has 0 aliphatic rings. The lowest BCUT2D eigenvalue weighted by Gasteiger charge is -2.15. The maximum atomic E-state index is 12.4. The Balaban J connectivity index is 0.00000124. The molecule has 0 amide bonds. The number of azo groups is 1. The van der Waals surface area contributed by atoms with E-state index in [1.54, 1.807) is 37.3 Å². The second kappa shape index (κ2) is 14.9. The number of aromatic hydroxyl groups is 1. The zero-order valence-corrected chi connectivity index (χ0v) is 29.7. The summed E-state index contributed by atoms with van der Waals surface area (Å²) in [5, 5.41) is 26.4.